The zero-order valence-electron chi connectivity index (χ0n) is 13.3. The Morgan fingerprint density at radius 1 is 1.39 bits per heavy atom. The van der Waals surface area contributed by atoms with Crippen LogP contribution in [0.1, 0.15) is 37.7 Å². The molecule has 1 aromatic heterocycles. The van der Waals surface area contributed by atoms with Crippen molar-refractivity contribution in [2.45, 2.75) is 44.2 Å². The number of likely N-dealkylation sites (N-methyl/N-ethyl adjacent to an activating group) is 1. The summed E-state index contributed by atoms with van der Waals surface area (Å²) in [6.45, 7) is 2.77. The molecule has 0 saturated heterocycles. The van der Waals surface area contributed by atoms with Crippen molar-refractivity contribution in [2.75, 3.05) is 13.1 Å². The number of nitrogens with one attached hydrogen (secondary N) is 1. The first kappa shape index (κ1) is 15.9. The van der Waals surface area contributed by atoms with Crippen molar-refractivity contribution >= 4 is 11.9 Å². The first-order valence-corrected chi connectivity index (χ1v) is 8.24. The number of carboxylic acid groups (broad SMARTS) is 1. The molecule has 2 aliphatic carbocycles. The Bertz CT molecular complexity index is 572. The Morgan fingerprint density at radius 3 is 2.78 bits per heavy atom. The van der Waals surface area contributed by atoms with Gasteiger partial charge in [0.05, 0.1) is 6.54 Å². The number of amides is 1. The summed E-state index contributed by atoms with van der Waals surface area (Å²) in [5.74, 6) is -0.293. The van der Waals surface area contributed by atoms with E-state index in [0.29, 0.717) is 5.92 Å². The third-order valence-electron chi connectivity index (χ3n) is 4.96. The van der Waals surface area contributed by atoms with E-state index < -0.39 is 5.97 Å². The van der Waals surface area contributed by atoms with Crippen LogP contribution in [0.25, 0.3) is 0 Å². The monoisotopic (exact) mass is 317 g/mol. The fourth-order valence-corrected chi connectivity index (χ4v) is 3.43. The lowest BCUT2D eigenvalue weighted by Gasteiger charge is -2.42. The molecule has 6 nitrogen and oxygen atoms in total. The van der Waals surface area contributed by atoms with Gasteiger partial charge in [0.2, 0.25) is 5.91 Å². The molecular weight excluding hydrogens is 294 g/mol. The predicted molar refractivity (Wildman–Crippen MR) is 84.9 cm³/mol. The maximum Gasteiger partial charge on any atom is 0.317 e. The van der Waals surface area contributed by atoms with Crippen LogP contribution in [-0.4, -0.2) is 52.0 Å². The topological polar surface area (TPSA) is 82.5 Å². The molecule has 0 aliphatic heterocycles. The number of nitrogens with zero attached hydrogens (tertiary/aromatic N) is 2. The zero-order valence-corrected chi connectivity index (χ0v) is 13.3. The number of hydrogen-bond acceptors (Lipinski definition) is 4. The van der Waals surface area contributed by atoms with E-state index in [9.17, 15) is 9.59 Å². The van der Waals surface area contributed by atoms with Crippen LogP contribution in [0.2, 0.25) is 0 Å². The van der Waals surface area contributed by atoms with E-state index in [0.717, 1.165) is 31.4 Å². The Morgan fingerprint density at radius 2 is 2.17 bits per heavy atom. The second-order valence-electron chi connectivity index (χ2n) is 6.52. The molecule has 0 radical (unpaired) electrons. The maximum atomic E-state index is 12.3. The molecule has 2 fully saturated rings. The Kier molecular flexibility index (Phi) is 4.61. The van der Waals surface area contributed by atoms with Gasteiger partial charge in [0, 0.05) is 30.4 Å². The van der Waals surface area contributed by atoms with E-state index in [4.69, 9.17) is 5.11 Å². The number of carbonyl (C=O) groups is 2. The van der Waals surface area contributed by atoms with E-state index in [1.54, 1.807) is 6.20 Å². The fraction of sp³-hybridized carbons (Fsp3) is 0.588. The standard InChI is InChI=1S/C17H23N3O3/c1-2-20(10-16(21)22)13-6-12(7-13)19-17(23)15-8-14(15)11-4-3-5-18-9-11/h3-5,9,12-15H,2,6-8,10H2,1H3,(H,19,23)(H,21,22)/t12?,13?,14-,15-/m1/s1. The van der Waals surface area contributed by atoms with Crippen molar-refractivity contribution in [3.63, 3.8) is 0 Å². The van der Waals surface area contributed by atoms with Gasteiger partial charge in [0.15, 0.2) is 0 Å². The van der Waals surface area contributed by atoms with Crippen LogP contribution in [-0.2, 0) is 9.59 Å². The van der Waals surface area contributed by atoms with Crippen molar-refractivity contribution in [3.05, 3.63) is 30.1 Å². The van der Waals surface area contributed by atoms with Gasteiger partial charge in [-0.3, -0.25) is 19.5 Å². The Balaban J connectivity index is 1.42. The van der Waals surface area contributed by atoms with Crippen LogP contribution >= 0.6 is 0 Å². The van der Waals surface area contributed by atoms with Gasteiger partial charge in [0.25, 0.3) is 0 Å². The van der Waals surface area contributed by atoms with Crippen molar-refractivity contribution in [1.82, 2.24) is 15.2 Å². The summed E-state index contributed by atoms with van der Waals surface area (Å²) in [6, 6.07) is 4.39. The molecule has 1 amide bonds. The average molecular weight is 317 g/mol. The molecular formula is C17H23N3O3. The normalized spacial score (nSPS) is 29.0. The second kappa shape index (κ2) is 6.66. The Hall–Kier alpha value is -1.95. The first-order valence-electron chi connectivity index (χ1n) is 8.24. The number of hydrogen-bond donors (Lipinski definition) is 2. The number of carbonyl (C=O) groups excluding carboxylic acids is 1. The number of pyridine rings is 1. The summed E-state index contributed by atoms with van der Waals surface area (Å²) in [7, 11) is 0. The quantitative estimate of drug-likeness (QED) is 0.790. The molecule has 0 aromatic carbocycles. The molecule has 124 valence electrons. The van der Waals surface area contributed by atoms with Gasteiger partial charge in [-0.2, -0.15) is 0 Å². The molecule has 23 heavy (non-hydrogen) atoms. The van der Waals surface area contributed by atoms with Crippen LogP contribution < -0.4 is 5.32 Å². The first-order chi connectivity index (χ1) is 11.1. The van der Waals surface area contributed by atoms with Gasteiger partial charge < -0.3 is 10.4 Å². The summed E-state index contributed by atoms with van der Waals surface area (Å²) >= 11 is 0. The van der Waals surface area contributed by atoms with Gasteiger partial charge in [-0.05, 0) is 43.4 Å². The molecule has 1 heterocycles. The molecule has 6 heteroatoms. The number of carboxylic acids is 1. The molecule has 1 aromatic rings. The summed E-state index contributed by atoms with van der Waals surface area (Å²) in [6.07, 6.45) is 6.16. The van der Waals surface area contributed by atoms with Gasteiger partial charge in [-0.25, -0.2) is 0 Å². The lowest BCUT2D eigenvalue weighted by Crippen LogP contribution is -2.55. The minimum absolute atomic E-state index is 0.0690. The molecule has 3 rings (SSSR count). The van der Waals surface area contributed by atoms with Crippen LogP contribution in [0.4, 0.5) is 0 Å². The average Bonchev–Trinajstić information content (AvgIpc) is 3.29. The Labute approximate surface area is 135 Å². The zero-order chi connectivity index (χ0) is 16.4. The minimum Gasteiger partial charge on any atom is -0.480 e. The molecule has 0 bridgehead atoms. The minimum atomic E-state index is -0.795. The number of aromatic nitrogens is 1. The summed E-state index contributed by atoms with van der Waals surface area (Å²) in [5.41, 5.74) is 1.14. The summed E-state index contributed by atoms with van der Waals surface area (Å²) < 4.78 is 0. The van der Waals surface area contributed by atoms with E-state index in [1.807, 2.05) is 30.2 Å². The molecule has 2 atom stereocenters. The smallest absolute Gasteiger partial charge is 0.317 e. The summed E-state index contributed by atoms with van der Waals surface area (Å²) in [5, 5.41) is 12.0. The fourth-order valence-electron chi connectivity index (χ4n) is 3.43. The van der Waals surface area contributed by atoms with Gasteiger partial charge in [0.1, 0.15) is 0 Å². The highest BCUT2D eigenvalue weighted by molar-refractivity contribution is 5.83. The van der Waals surface area contributed by atoms with Crippen LogP contribution in [0.3, 0.4) is 0 Å². The van der Waals surface area contributed by atoms with Crippen molar-refractivity contribution < 1.29 is 14.7 Å². The molecule has 2 aliphatic rings. The van der Waals surface area contributed by atoms with E-state index in [1.165, 1.54) is 0 Å². The van der Waals surface area contributed by atoms with E-state index >= 15 is 0 Å². The van der Waals surface area contributed by atoms with Crippen molar-refractivity contribution in [1.29, 1.82) is 0 Å². The van der Waals surface area contributed by atoms with E-state index in [2.05, 4.69) is 10.3 Å². The second-order valence-corrected chi connectivity index (χ2v) is 6.52. The molecule has 2 N–H and O–H groups in total. The number of rotatable bonds is 7. The third-order valence-corrected chi connectivity index (χ3v) is 4.96. The highest BCUT2D eigenvalue weighted by atomic mass is 16.4. The predicted octanol–water partition coefficient (Wildman–Crippen LogP) is 1.24. The molecule has 2 saturated carbocycles. The van der Waals surface area contributed by atoms with E-state index in [-0.39, 0.29) is 30.5 Å². The van der Waals surface area contributed by atoms with Crippen molar-refractivity contribution in [3.8, 4) is 0 Å². The largest absolute Gasteiger partial charge is 0.480 e. The van der Waals surface area contributed by atoms with Crippen LogP contribution in [0.15, 0.2) is 24.5 Å². The van der Waals surface area contributed by atoms with Gasteiger partial charge in [-0.15, -0.1) is 0 Å². The van der Waals surface area contributed by atoms with Crippen LogP contribution in [0, 0.1) is 5.92 Å². The van der Waals surface area contributed by atoms with Crippen LogP contribution in [0.5, 0.6) is 0 Å². The maximum absolute atomic E-state index is 12.3. The molecule has 0 unspecified atom stereocenters. The van der Waals surface area contributed by atoms with Crippen molar-refractivity contribution in [2.24, 2.45) is 5.92 Å². The molecule has 0 spiro atoms. The SMILES string of the molecule is CCN(CC(=O)O)C1CC(NC(=O)[C@@H]2C[C@@H]2c2cccnc2)C1. The lowest BCUT2D eigenvalue weighted by atomic mass is 9.85. The number of aliphatic carboxylic acids is 1. The lowest BCUT2D eigenvalue weighted by molar-refractivity contribution is -0.139. The van der Waals surface area contributed by atoms with Gasteiger partial charge in [-0.1, -0.05) is 13.0 Å². The highest BCUT2D eigenvalue weighted by Gasteiger charge is 2.45. The third kappa shape index (κ3) is 3.69. The summed E-state index contributed by atoms with van der Waals surface area (Å²) in [4.78, 5) is 29.2. The highest BCUT2D eigenvalue weighted by Crippen LogP contribution is 2.47. The van der Waals surface area contributed by atoms with Gasteiger partial charge >= 0.3 is 5.97 Å².